The summed E-state index contributed by atoms with van der Waals surface area (Å²) in [6, 6.07) is 0. The minimum absolute atomic E-state index is 0.799. The molecule has 0 unspecified atom stereocenters. The van der Waals surface area contributed by atoms with E-state index in [1.165, 1.54) is 0 Å². The van der Waals surface area contributed by atoms with Crippen LogP contribution in [-0.4, -0.2) is 20.9 Å². The number of aryl methyl sites for hydroxylation is 2. The van der Waals surface area contributed by atoms with Gasteiger partial charge in [-0.15, -0.1) is 0 Å². The first-order chi connectivity index (χ1) is 6.56. The first-order valence-electron chi connectivity index (χ1n) is 4.51. The van der Waals surface area contributed by atoms with Crippen LogP contribution in [0, 0.1) is 13.8 Å². The van der Waals surface area contributed by atoms with E-state index in [4.69, 9.17) is 5.11 Å². The van der Waals surface area contributed by atoms with Crippen molar-refractivity contribution in [2.24, 2.45) is 0 Å². The van der Waals surface area contributed by atoms with E-state index in [1.807, 2.05) is 25.5 Å². The standard InChI is InChI=1S/C10H14N2O2/c1-4-12-8(3)9(7(2)11-12)5-6-10(13)14/h5-6H,4H2,1-3H3,(H,13,14). The van der Waals surface area contributed by atoms with Crippen LogP contribution < -0.4 is 0 Å². The first-order valence-corrected chi connectivity index (χ1v) is 4.51. The summed E-state index contributed by atoms with van der Waals surface area (Å²) in [5, 5.41) is 12.8. The van der Waals surface area contributed by atoms with Crippen molar-refractivity contribution in [3.63, 3.8) is 0 Å². The maximum Gasteiger partial charge on any atom is 0.328 e. The van der Waals surface area contributed by atoms with Crippen molar-refractivity contribution in [2.45, 2.75) is 27.3 Å². The predicted octanol–water partition coefficient (Wildman–Crippen LogP) is 1.62. The number of carboxylic acid groups (broad SMARTS) is 1. The van der Waals surface area contributed by atoms with E-state index in [1.54, 1.807) is 6.08 Å². The second kappa shape index (κ2) is 4.09. The van der Waals surface area contributed by atoms with Crippen LogP contribution in [0.15, 0.2) is 6.08 Å². The Morgan fingerprint density at radius 2 is 2.21 bits per heavy atom. The van der Waals surface area contributed by atoms with Crippen LogP contribution in [0.25, 0.3) is 6.08 Å². The molecule has 0 aliphatic rings. The summed E-state index contributed by atoms with van der Waals surface area (Å²) < 4.78 is 1.86. The summed E-state index contributed by atoms with van der Waals surface area (Å²) >= 11 is 0. The normalized spacial score (nSPS) is 11.1. The molecule has 0 aliphatic heterocycles. The van der Waals surface area contributed by atoms with E-state index in [0.717, 1.165) is 29.6 Å². The molecule has 1 rings (SSSR count). The molecular weight excluding hydrogens is 180 g/mol. The summed E-state index contributed by atoms with van der Waals surface area (Å²) in [7, 11) is 0. The van der Waals surface area contributed by atoms with Crippen molar-refractivity contribution < 1.29 is 9.90 Å². The topological polar surface area (TPSA) is 55.1 Å². The van der Waals surface area contributed by atoms with Gasteiger partial charge >= 0.3 is 5.97 Å². The molecule has 0 atom stereocenters. The average Bonchev–Trinajstić information content (AvgIpc) is 2.39. The molecule has 1 heterocycles. The summed E-state index contributed by atoms with van der Waals surface area (Å²) in [5.74, 6) is -0.937. The lowest BCUT2D eigenvalue weighted by Gasteiger charge is -1.97. The zero-order chi connectivity index (χ0) is 10.7. The van der Waals surface area contributed by atoms with Gasteiger partial charge in [-0.05, 0) is 26.8 Å². The number of carbonyl (C=O) groups is 1. The highest BCUT2D eigenvalue weighted by Gasteiger charge is 2.07. The summed E-state index contributed by atoms with van der Waals surface area (Å²) in [5.41, 5.74) is 2.76. The lowest BCUT2D eigenvalue weighted by atomic mass is 10.2. The molecule has 0 bridgehead atoms. The van der Waals surface area contributed by atoms with Crippen molar-refractivity contribution in [1.29, 1.82) is 0 Å². The average molecular weight is 194 g/mol. The molecule has 0 saturated carbocycles. The highest BCUT2D eigenvalue weighted by molar-refractivity contribution is 5.85. The molecule has 1 N–H and O–H groups in total. The third kappa shape index (κ3) is 2.02. The van der Waals surface area contributed by atoms with Gasteiger partial charge in [0, 0.05) is 23.9 Å². The third-order valence-corrected chi connectivity index (χ3v) is 2.13. The van der Waals surface area contributed by atoms with E-state index in [0.29, 0.717) is 0 Å². The van der Waals surface area contributed by atoms with Gasteiger partial charge in [0.2, 0.25) is 0 Å². The second-order valence-electron chi connectivity index (χ2n) is 3.07. The first kappa shape index (κ1) is 10.5. The van der Waals surface area contributed by atoms with E-state index in [-0.39, 0.29) is 0 Å². The largest absolute Gasteiger partial charge is 0.478 e. The number of rotatable bonds is 3. The van der Waals surface area contributed by atoms with Crippen molar-refractivity contribution in [2.75, 3.05) is 0 Å². The zero-order valence-corrected chi connectivity index (χ0v) is 8.61. The Kier molecular flexibility index (Phi) is 3.06. The van der Waals surface area contributed by atoms with Crippen LogP contribution in [-0.2, 0) is 11.3 Å². The van der Waals surface area contributed by atoms with Crippen molar-refractivity contribution >= 4 is 12.0 Å². The number of hydrogen-bond donors (Lipinski definition) is 1. The fraction of sp³-hybridized carbons (Fsp3) is 0.400. The Morgan fingerprint density at radius 1 is 1.57 bits per heavy atom. The fourth-order valence-electron chi connectivity index (χ4n) is 1.41. The fourth-order valence-corrected chi connectivity index (χ4v) is 1.41. The molecule has 0 aromatic carbocycles. The predicted molar refractivity (Wildman–Crippen MR) is 54.0 cm³/mol. The Bertz CT molecular complexity index is 378. The summed E-state index contributed by atoms with van der Waals surface area (Å²) in [6.45, 7) is 6.61. The van der Waals surface area contributed by atoms with Crippen molar-refractivity contribution in [3.8, 4) is 0 Å². The number of carboxylic acids is 1. The summed E-state index contributed by atoms with van der Waals surface area (Å²) in [6.07, 6.45) is 2.73. The van der Waals surface area contributed by atoms with Crippen molar-refractivity contribution in [1.82, 2.24) is 9.78 Å². The SMILES string of the molecule is CCn1nc(C)c(C=CC(=O)O)c1C. The monoisotopic (exact) mass is 194 g/mol. The third-order valence-electron chi connectivity index (χ3n) is 2.13. The molecule has 1 aromatic heterocycles. The van der Waals surface area contributed by atoms with Gasteiger partial charge in [0.05, 0.1) is 5.69 Å². The zero-order valence-electron chi connectivity index (χ0n) is 8.61. The number of aliphatic carboxylic acids is 1. The Labute approximate surface area is 82.9 Å². The minimum atomic E-state index is -0.937. The van der Waals surface area contributed by atoms with E-state index in [9.17, 15) is 4.79 Å². The van der Waals surface area contributed by atoms with E-state index >= 15 is 0 Å². The highest BCUT2D eigenvalue weighted by atomic mass is 16.4. The van der Waals surface area contributed by atoms with Gasteiger partial charge in [0.25, 0.3) is 0 Å². The molecule has 4 nitrogen and oxygen atoms in total. The maximum absolute atomic E-state index is 10.4. The van der Waals surface area contributed by atoms with Crippen LogP contribution in [0.5, 0.6) is 0 Å². The van der Waals surface area contributed by atoms with Crippen LogP contribution in [0.2, 0.25) is 0 Å². The van der Waals surface area contributed by atoms with Gasteiger partial charge in [-0.25, -0.2) is 4.79 Å². The van der Waals surface area contributed by atoms with E-state index in [2.05, 4.69) is 5.10 Å². The van der Waals surface area contributed by atoms with Gasteiger partial charge in [0.1, 0.15) is 0 Å². The molecule has 0 aliphatic carbocycles. The smallest absolute Gasteiger partial charge is 0.328 e. The van der Waals surface area contributed by atoms with Gasteiger partial charge in [0.15, 0.2) is 0 Å². The Morgan fingerprint density at radius 3 is 2.64 bits per heavy atom. The molecule has 4 heteroatoms. The van der Waals surface area contributed by atoms with Crippen molar-refractivity contribution in [3.05, 3.63) is 23.0 Å². The second-order valence-corrected chi connectivity index (χ2v) is 3.07. The molecule has 76 valence electrons. The van der Waals surface area contributed by atoms with Crippen LogP contribution in [0.4, 0.5) is 0 Å². The van der Waals surface area contributed by atoms with Crippen LogP contribution >= 0.6 is 0 Å². The van der Waals surface area contributed by atoms with Crippen LogP contribution in [0.3, 0.4) is 0 Å². The molecule has 0 radical (unpaired) electrons. The quantitative estimate of drug-likeness (QED) is 0.744. The molecule has 0 amide bonds. The number of nitrogens with zero attached hydrogens (tertiary/aromatic N) is 2. The molecule has 0 saturated heterocycles. The highest BCUT2D eigenvalue weighted by Crippen LogP contribution is 2.14. The number of aromatic nitrogens is 2. The Hall–Kier alpha value is -1.58. The van der Waals surface area contributed by atoms with Crippen LogP contribution in [0.1, 0.15) is 23.9 Å². The Balaban J connectivity index is 3.08. The van der Waals surface area contributed by atoms with Gasteiger partial charge in [-0.2, -0.15) is 5.10 Å². The molecule has 1 aromatic rings. The van der Waals surface area contributed by atoms with Gasteiger partial charge < -0.3 is 5.11 Å². The van der Waals surface area contributed by atoms with Gasteiger partial charge in [-0.3, -0.25) is 4.68 Å². The minimum Gasteiger partial charge on any atom is -0.478 e. The van der Waals surface area contributed by atoms with Gasteiger partial charge in [-0.1, -0.05) is 0 Å². The molecule has 0 fully saturated rings. The lowest BCUT2D eigenvalue weighted by Crippen LogP contribution is -1.98. The molecule has 0 spiro atoms. The maximum atomic E-state index is 10.4. The summed E-state index contributed by atoms with van der Waals surface area (Å²) in [4.78, 5) is 10.4. The molecule has 14 heavy (non-hydrogen) atoms. The molecular formula is C10H14N2O2. The van der Waals surface area contributed by atoms with E-state index < -0.39 is 5.97 Å². The number of hydrogen-bond acceptors (Lipinski definition) is 2. The lowest BCUT2D eigenvalue weighted by molar-refractivity contribution is -0.131.